The molecule has 2 aromatic heterocycles. The smallest absolute Gasteiger partial charge is 0.322 e. The normalized spacial score (nSPS) is 15.8. The fourth-order valence-electron chi connectivity index (χ4n) is 4.79. The number of aryl methyl sites for hydroxylation is 1. The number of aromatic nitrogens is 3. The van der Waals surface area contributed by atoms with E-state index >= 15 is 0 Å². The van der Waals surface area contributed by atoms with Gasteiger partial charge in [-0.3, -0.25) is 9.69 Å². The van der Waals surface area contributed by atoms with Crippen LogP contribution in [0.5, 0.6) is 0 Å². The van der Waals surface area contributed by atoms with Crippen LogP contribution in [0.3, 0.4) is 0 Å². The summed E-state index contributed by atoms with van der Waals surface area (Å²) in [4.78, 5) is 21.4. The van der Waals surface area contributed by atoms with E-state index in [0.29, 0.717) is 28.4 Å². The minimum absolute atomic E-state index is 0.0838. The Balaban J connectivity index is 1.33. The zero-order valence-electron chi connectivity index (χ0n) is 22.5. The molecule has 206 valence electrons. The molecule has 0 radical (unpaired) electrons. The lowest BCUT2D eigenvalue weighted by Crippen LogP contribution is -2.31. The Morgan fingerprint density at radius 1 is 1.15 bits per heavy atom. The number of anilines is 1. The first-order chi connectivity index (χ1) is 19.1. The summed E-state index contributed by atoms with van der Waals surface area (Å²) in [5.41, 5.74) is 2.67. The molecule has 0 spiro atoms. The first-order valence-corrected chi connectivity index (χ1v) is 12.9. The van der Waals surface area contributed by atoms with E-state index in [1.165, 1.54) is 12.1 Å². The van der Waals surface area contributed by atoms with Crippen LogP contribution in [0.2, 0.25) is 0 Å². The van der Waals surface area contributed by atoms with Crippen molar-refractivity contribution in [3.63, 3.8) is 0 Å². The lowest BCUT2D eigenvalue weighted by Gasteiger charge is -2.22. The number of fused-ring (bicyclic) bond motifs is 1. The van der Waals surface area contributed by atoms with Crippen LogP contribution in [0.25, 0.3) is 5.65 Å². The Bertz CT molecular complexity index is 1620. The summed E-state index contributed by atoms with van der Waals surface area (Å²) in [6.07, 6.45) is 1.42. The molecule has 4 aromatic rings. The molecule has 1 unspecified atom stereocenters. The number of nitrogens with one attached hydrogen (secondary N) is 1. The highest BCUT2D eigenvalue weighted by atomic mass is 19.4. The molecular formula is C30H29F3N6O. The Kier molecular flexibility index (Phi) is 7.61. The number of rotatable bonds is 5. The molecule has 2 aromatic carbocycles. The van der Waals surface area contributed by atoms with Crippen molar-refractivity contribution in [2.75, 3.05) is 32.5 Å². The van der Waals surface area contributed by atoms with Gasteiger partial charge >= 0.3 is 6.18 Å². The van der Waals surface area contributed by atoms with Crippen molar-refractivity contribution in [3.8, 4) is 11.8 Å². The van der Waals surface area contributed by atoms with Gasteiger partial charge in [0.05, 0.1) is 17.3 Å². The fourth-order valence-corrected chi connectivity index (χ4v) is 4.79. The number of likely N-dealkylation sites (tertiary alicyclic amines) is 1. The molecule has 3 heterocycles. The Morgan fingerprint density at radius 3 is 2.73 bits per heavy atom. The standard InChI is InChI=1S/C30H29F3N6O/c1-20-4-6-23(14-22(20)7-5-21-16-34-28-10-12-35-39(28)17-21)29(40)36-25-9-8-24(27(15-25)30(31,32)33)18-38-13-11-26(19-38)37(2)3/h4,6,8-10,12,14-17,26H,11,13,18-19H2,1-3H3,(H,36,40). The zero-order valence-corrected chi connectivity index (χ0v) is 22.5. The fraction of sp³-hybridized carbons (Fsp3) is 0.300. The molecular weight excluding hydrogens is 517 g/mol. The van der Waals surface area contributed by atoms with Crippen molar-refractivity contribution < 1.29 is 18.0 Å². The van der Waals surface area contributed by atoms with Crippen LogP contribution in [0.15, 0.2) is 61.1 Å². The van der Waals surface area contributed by atoms with Gasteiger partial charge in [0.1, 0.15) is 0 Å². The van der Waals surface area contributed by atoms with Crippen molar-refractivity contribution in [2.24, 2.45) is 0 Å². The molecule has 1 atom stereocenters. The molecule has 40 heavy (non-hydrogen) atoms. The molecule has 1 aliphatic heterocycles. The number of carbonyl (C=O) groups excluding carboxylic acids is 1. The summed E-state index contributed by atoms with van der Waals surface area (Å²) in [5.74, 6) is 5.57. The lowest BCUT2D eigenvalue weighted by atomic mass is 10.0. The lowest BCUT2D eigenvalue weighted by molar-refractivity contribution is -0.138. The third kappa shape index (κ3) is 6.17. The highest BCUT2D eigenvalue weighted by molar-refractivity contribution is 6.04. The maximum absolute atomic E-state index is 14.0. The number of benzene rings is 2. The largest absolute Gasteiger partial charge is 0.416 e. The molecule has 0 aliphatic carbocycles. The molecule has 1 saturated heterocycles. The minimum Gasteiger partial charge on any atom is -0.322 e. The molecule has 0 bridgehead atoms. The summed E-state index contributed by atoms with van der Waals surface area (Å²) in [5, 5.41) is 6.77. The van der Waals surface area contributed by atoms with Gasteiger partial charge in [0, 0.05) is 61.0 Å². The quantitative estimate of drug-likeness (QED) is 0.363. The Morgan fingerprint density at radius 2 is 1.98 bits per heavy atom. The van der Waals surface area contributed by atoms with Gasteiger partial charge in [-0.25, -0.2) is 9.50 Å². The molecule has 7 nitrogen and oxygen atoms in total. The molecule has 1 fully saturated rings. The van der Waals surface area contributed by atoms with Crippen molar-refractivity contribution >= 4 is 17.2 Å². The van der Waals surface area contributed by atoms with Gasteiger partial charge in [-0.05, 0) is 62.8 Å². The van der Waals surface area contributed by atoms with Gasteiger partial charge in [-0.1, -0.05) is 24.0 Å². The van der Waals surface area contributed by atoms with Crippen molar-refractivity contribution in [2.45, 2.75) is 32.1 Å². The summed E-state index contributed by atoms with van der Waals surface area (Å²) in [7, 11) is 3.96. The Hall–Kier alpha value is -4.20. The van der Waals surface area contributed by atoms with Crippen LogP contribution < -0.4 is 5.32 Å². The second-order valence-electron chi connectivity index (χ2n) is 10.2. The van der Waals surface area contributed by atoms with Gasteiger partial charge in [-0.15, -0.1) is 0 Å². The molecule has 10 heteroatoms. The summed E-state index contributed by atoms with van der Waals surface area (Å²) < 4.78 is 43.6. The van der Waals surface area contributed by atoms with E-state index in [4.69, 9.17) is 0 Å². The number of halogens is 3. The number of nitrogens with zero attached hydrogens (tertiary/aromatic N) is 5. The number of hydrogen-bond acceptors (Lipinski definition) is 5. The van der Waals surface area contributed by atoms with E-state index < -0.39 is 17.6 Å². The molecule has 5 rings (SSSR count). The van der Waals surface area contributed by atoms with Gasteiger partial charge in [0.15, 0.2) is 5.65 Å². The van der Waals surface area contributed by atoms with Gasteiger partial charge in [0.25, 0.3) is 5.91 Å². The van der Waals surface area contributed by atoms with Crippen LogP contribution >= 0.6 is 0 Å². The second kappa shape index (κ2) is 11.1. The van der Waals surface area contributed by atoms with Crippen molar-refractivity contribution in [3.05, 3.63) is 94.4 Å². The highest BCUT2D eigenvalue weighted by Gasteiger charge is 2.35. The number of likely N-dealkylation sites (N-methyl/N-ethyl adjacent to an activating group) is 1. The highest BCUT2D eigenvalue weighted by Crippen LogP contribution is 2.35. The average molecular weight is 547 g/mol. The zero-order chi connectivity index (χ0) is 28.4. The third-order valence-electron chi connectivity index (χ3n) is 7.13. The van der Waals surface area contributed by atoms with E-state index in [2.05, 4.69) is 32.1 Å². The molecule has 0 saturated carbocycles. The van der Waals surface area contributed by atoms with Crippen LogP contribution in [-0.4, -0.2) is 63.5 Å². The number of hydrogen-bond donors (Lipinski definition) is 1. The first-order valence-electron chi connectivity index (χ1n) is 12.9. The molecule has 1 aliphatic rings. The molecule has 1 amide bonds. The van der Waals surface area contributed by atoms with Gasteiger partial charge in [-0.2, -0.15) is 18.3 Å². The average Bonchev–Trinajstić information content (AvgIpc) is 3.58. The van der Waals surface area contributed by atoms with Gasteiger partial charge < -0.3 is 10.2 Å². The maximum Gasteiger partial charge on any atom is 0.416 e. The summed E-state index contributed by atoms with van der Waals surface area (Å²) >= 11 is 0. The SMILES string of the molecule is Cc1ccc(C(=O)Nc2ccc(CN3CCC(N(C)C)C3)c(C(F)(F)F)c2)cc1C#Cc1cnc2ccnn2c1. The first kappa shape index (κ1) is 27.4. The van der Waals surface area contributed by atoms with Crippen molar-refractivity contribution in [1.29, 1.82) is 0 Å². The van der Waals surface area contributed by atoms with Crippen LogP contribution in [-0.2, 0) is 12.7 Å². The molecule has 1 N–H and O–H groups in total. The maximum atomic E-state index is 14.0. The van der Waals surface area contributed by atoms with Gasteiger partial charge in [0.2, 0.25) is 0 Å². The summed E-state index contributed by atoms with van der Waals surface area (Å²) in [6, 6.07) is 11.1. The Labute approximate surface area is 230 Å². The monoisotopic (exact) mass is 546 g/mol. The number of amides is 1. The van der Waals surface area contributed by atoms with Crippen LogP contribution in [0.1, 0.15) is 44.6 Å². The van der Waals surface area contributed by atoms with E-state index in [1.54, 1.807) is 47.4 Å². The van der Waals surface area contributed by atoms with Crippen LogP contribution in [0.4, 0.5) is 18.9 Å². The topological polar surface area (TPSA) is 65.8 Å². The van der Waals surface area contributed by atoms with E-state index in [0.717, 1.165) is 31.1 Å². The van der Waals surface area contributed by atoms with Crippen molar-refractivity contribution in [1.82, 2.24) is 24.4 Å². The van der Waals surface area contributed by atoms with E-state index in [-0.39, 0.29) is 17.8 Å². The summed E-state index contributed by atoms with van der Waals surface area (Å²) in [6.45, 7) is 3.54. The third-order valence-corrected chi connectivity index (χ3v) is 7.13. The van der Waals surface area contributed by atoms with E-state index in [9.17, 15) is 18.0 Å². The number of alkyl halides is 3. The van der Waals surface area contributed by atoms with E-state index in [1.807, 2.05) is 25.9 Å². The second-order valence-corrected chi connectivity index (χ2v) is 10.2. The minimum atomic E-state index is -4.54. The predicted octanol–water partition coefficient (Wildman–Crippen LogP) is 4.84. The van der Waals surface area contributed by atoms with Crippen LogP contribution in [0, 0.1) is 18.8 Å². The predicted molar refractivity (Wildman–Crippen MR) is 147 cm³/mol. The number of carbonyl (C=O) groups is 1.